The molecule has 0 radical (unpaired) electrons. The highest BCUT2D eigenvalue weighted by Gasteiger charge is 2.26. The number of hydrogen-bond acceptors (Lipinski definition) is 7. The van der Waals surface area contributed by atoms with E-state index in [0.29, 0.717) is 39.4 Å². The summed E-state index contributed by atoms with van der Waals surface area (Å²) < 4.78 is 23.1. The predicted molar refractivity (Wildman–Crippen MR) is 140 cm³/mol. The number of terminal acetylenes is 1. The smallest absolute Gasteiger partial charge is 0.322 e. The number of fused-ring (bicyclic) bond motifs is 1. The maximum absolute atomic E-state index is 15.4. The van der Waals surface area contributed by atoms with Gasteiger partial charge in [-0.2, -0.15) is 0 Å². The van der Waals surface area contributed by atoms with Crippen LogP contribution in [0.5, 0.6) is 11.8 Å². The molecule has 2 N–H and O–H groups in total. The first-order valence-corrected chi connectivity index (χ1v) is 11.6. The second-order valence-corrected chi connectivity index (χ2v) is 8.85. The van der Waals surface area contributed by atoms with Crippen LogP contribution >= 0.6 is 0 Å². The molecule has 0 atom stereocenters. The number of ether oxygens (including phenoxy) is 1. The molecule has 8 nitrogen and oxygen atoms in total. The van der Waals surface area contributed by atoms with Gasteiger partial charge in [0.2, 0.25) is 0 Å². The standard InChI is InChI=1S/C28H24FN7O/c1-6-19-8-9-20(17(5)35-19)25-23(24-26(30)32-14-33-27(24)36(25)15(2)3)18-7-10-22(21(29)13-18)37-28-31-12-11-16(4)34-28/h1,7-15H,2-5H3,(H2,30,32,33). The Morgan fingerprint density at radius 2 is 1.86 bits per heavy atom. The first-order chi connectivity index (χ1) is 17.8. The highest BCUT2D eigenvalue weighted by atomic mass is 19.1. The monoisotopic (exact) mass is 493 g/mol. The van der Waals surface area contributed by atoms with E-state index >= 15 is 4.39 Å². The van der Waals surface area contributed by atoms with Gasteiger partial charge in [-0.05, 0) is 63.6 Å². The molecule has 4 aromatic heterocycles. The summed E-state index contributed by atoms with van der Waals surface area (Å²) in [5, 5.41) is 0.627. The van der Waals surface area contributed by atoms with E-state index in [1.54, 1.807) is 37.4 Å². The van der Waals surface area contributed by atoms with Crippen molar-refractivity contribution in [3.05, 3.63) is 71.8 Å². The summed E-state index contributed by atoms with van der Waals surface area (Å²) in [4.78, 5) is 21.6. The van der Waals surface area contributed by atoms with E-state index in [-0.39, 0.29) is 17.8 Å². The largest absolute Gasteiger partial charge is 0.421 e. The number of aromatic nitrogens is 6. The molecule has 1 aromatic carbocycles. The lowest BCUT2D eigenvalue weighted by molar-refractivity contribution is 0.410. The molecule has 0 saturated heterocycles. The van der Waals surface area contributed by atoms with Crippen molar-refractivity contribution in [2.45, 2.75) is 33.7 Å². The summed E-state index contributed by atoms with van der Waals surface area (Å²) >= 11 is 0. The van der Waals surface area contributed by atoms with Crippen LogP contribution in [0.25, 0.3) is 33.4 Å². The van der Waals surface area contributed by atoms with Crippen molar-refractivity contribution in [1.82, 2.24) is 29.5 Å². The fraction of sp³-hybridized carbons (Fsp3) is 0.179. The van der Waals surface area contributed by atoms with Crippen LogP contribution < -0.4 is 10.5 Å². The molecule has 0 fully saturated rings. The molecule has 9 heteroatoms. The van der Waals surface area contributed by atoms with Gasteiger partial charge in [-0.1, -0.05) is 12.0 Å². The van der Waals surface area contributed by atoms with Gasteiger partial charge in [-0.3, -0.25) is 0 Å². The van der Waals surface area contributed by atoms with Gasteiger partial charge in [0, 0.05) is 34.8 Å². The average molecular weight is 494 g/mol. The lowest BCUT2D eigenvalue weighted by Gasteiger charge is -2.17. The minimum atomic E-state index is -0.577. The zero-order valence-corrected chi connectivity index (χ0v) is 20.8. The van der Waals surface area contributed by atoms with Gasteiger partial charge in [0.1, 0.15) is 23.5 Å². The summed E-state index contributed by atoms with van der Waals surface area (Å²) in [5.74, 6) is 2.29. The predicted octanol–water partition coefficient (Wildman–Crippen LogP) is 5.64. The van der Waals surface area contributed by atoms with Crippen LogP contribution in [0.15, 0.2) is 48.9 Å². The molecule has 0 bridgehead atoms. The van der Waals surface area contributed by atoms with Crippen LogP contribution in [-0.2, 0) is 0 Å². The molecule has 0 aliphatic carbocycles. The van der Waals surface area contributed by atoms with Crippen molar-refractivity contribution in [2.75, 3.05) is 5.73 Å². The van der Waals surface area contributed by atoms with Crippen molar-refractivity contribution in [1.29, 1.82) is 0 Å². The van der Waals surface area contributed by atoms with E-state index in [1.807, 2.05) is 26.8 Å². The number of rotatable bonds is 5. The third kappa shape index (κ3) is 4.23. The molecule has 0 saturated carbocycles. The molecule has 0 aliphatic heterocycles. The maximum Gasteiger partial charge on any atom is 0.322 e. The van der Waals surface area contributed by atoms with Gasteiger partial charge in [-0.15, -0.1) is 6.42 Å². The van der Waals surface area contributed by atoms with Crippen molar-refractivity contribution in [3.63, 3.8) is 0 Å². The first-order valence-electron chi connectivity index (χ1n) is 11.6. The number of aryl methyl sites for hydroxylation is 2. The summed E-state index contributed by atoms with van der Waals surface area (Å²) in [6.07, 6.45) is 8.55. The summed E-state index contributed by atoms with van der Waals surface area (Å²) in [5.41, 5.74) is 11.9. The van der Waals surface area contributed by atoms with Crippen LogP contribution in [0.4, 0.5) is 10.2 Å². The highest BCUT2D eigenvalue weighted by molar-refractivity contribution is 6.08. The number of nitrogen functional groups attached to an aromatic ring is 1. The third-order valence-electron chi connectivity index (χ3n) is 6.01. The Morgan fingerprint density at radius 3 is 2.54 bits per heavy atom. The summed E-state index contributed by atoms with van der Waals surface area (Å²) in [6.45, 7) is 7.78. The summed E-state index contributed by atoms with van der Waals surface area (Å²) in [7, 11) is 0. The van der Waals surface area contributed by atoms with Gasteiger partial charge in [0.25, 0.3) is 0 Å². The molecule has 184 valence electrons. The minimum Gasteiger partial charge on any atom is -0.421 e. The molecule has 5 aromatic rings. The van der Waals surface area contributed by atoms with Crippen LogP contribution in [0.1, 0.15) is 37.0 Å². The maximum atomic E-state index is 15.4. The fourth-order valence-electron chi connectivity index (χ4n) is 4.41. The van der Waals surface area contributed by atoms with Gasteiger partial charge in [-0.25, -0.2) is 29.3 Å². The van der Waals surface area contributed by atoms with Gasteiger partial charge < -0.3 is 15.0 Å². The lowest BCUT2D eigenvalue weighted by Crippen LogP contribution is -2.06. The molecule has 0 unspecified atom stereocenters. The van der Waals surface area contributed by atoms with Gasteiger partial charge in [0.15, 0.2) is 11.6 Å². The number of benzene rings is 1. The second-order valence-electron chi connectivity index (χ2n) is 8.85. The number of hydrogen-bond donors (Lipinski definition) is 1. The van der Waals surface area contributed by atoms with E-state index in [2.05, 4.69) is 35.4 Å². The normalized spacial score (nSPS) is 11.2. The number of anilines is 1. The Balaban J connectivity index is 1.76. The van der Waals surface area contributed by atoms with Crippen molar-refractivity contribution >= 4 is 16.9 Å². The van der Waals surface area contributed by atoms with E-state index in [4.69, 9.17) is 16.9 Å². The van der Waals surface area contributed by atoms with Crippen LogP contribution in [0.2, 0.25) is 0 Å². The Kier molecular flexibility index (Phi) is 6.01. The molecule has 37 heavy (non-hydrogen) atoms. The lowest BCUT2D eigenvalue weighted by atomic mass is 9.97. The first kappa shape index (κ1) is 23.9. The van der Waals surface area contributed by atoms with E-state index < -0.39 is 5.82 Å². The molecular weight excluding hydrogens is 469 g/mol. The molecular formula is C28H24FN7O. The minimum absolute atomic E-state index is 0.00168. The second kappa shape index (κ2) is 9.32. The number of halogens is 1. The number of pyridine rings is 1. The van der Waals surface area contributed by atoms with Crippen LogP contribution in [0, 0.1) is 32.0 Å². The average Bonchev–Trinajstić information content (AvgIpc) is 3.21. The van der Waals surface area contributed by atoms with Gasteiger partial charge >= 0.3 is 6.01 Å². The molecule has 4 heterocycles. The number of nitrogens with two attached hydrogens (primary N) is 1. The SMILES string of the molecule is C#Cc1ccc(-c2c(-c3ccc(Oc4nccc(C)n4)c(F)c3)c3c(N)ncnc3n2C(C)C)c(C)n1. The Bertz CT molecular complexity index is 1700. The van der Waals surface area contributed by atoms with E-state index in [1.165, 1.54) is 12.4 Å². The quantitative estimate of drug-likeness (QED) is 0.316. The van der Waals surface area contributed by atoms with E-state index in [0.717, 1.165) is 17.0 Å². The zero-order valence-electron chi connectivity index (χ0n) is 20.8. The number of nitrogens with zero attached hydrogens (tertiary/aromatic N) is 6. The van der Waals surface area contributed by atoms with Crippen molar-refractivity contribution < 1.29 is 9.13 Å². The topological polar surface area (TPSA) is 105 Å². The Morgan fingerprint density at radius 1 is 1.05 bits per heavy atom. The van der Waals surface area contributed by atoms with Crippen LogP contribution in [-0.4, -0.2) is 29.5 Å². The Hall–Kier alpha value is -4.84. The van der Waals surface area contributed by atoms with Crippen molar-refractivity contribution in [2.24, 2.45) is 0 Å². The molecule has 5 rings (SSSR count). The van der Waals surface area contributed by atoms with Crippen molar-refractivity contribution in [3.8, 4) is 46.5 Å². The summed E-state index contributed by atoms with van der Waals surface area (Å²) in [6, 6.07) is 10.2. The fourth-order valence-corrected chi connectivity index (χ4v) is 4.41. The van der Waals surface area contributed by atoms with Crippen LogP contribution in [0.3, 0.4) is 0 Å². The zero-order chi connectivity index (χ0) is 26.3. The highest BCUT2D eigenvalue weighted by Crippen LogP contribution is 2.45. The molecule has 0 amide bonds. The third-order valence-corrected chi connectivity index (χ3v) is 6.01. The van der Waals surface area contributed by atoms with Gasteiger partial charge in [0.05, 0.1) is 11.1 Å². The Labute approximate surface area is 213 Å². The molecule has 0 aliphatic rings. The molecule has 0 spiro atoms. The van der Waals surface area contributed by atoms with E-state index in [9.17, 15) is 0 Å².